The molecule has 0 fully saturated rings. The van der Waals surface area contributed by atoms with Crippen LogP contribution in [0.4, 0.5) is 15.8 Å². The van der Waals surface area contributed by atoms with Gasteiger partial charge in [0.05, 0.1) is 15.6 Å². The van der Waals surface area contributed by atoms with Gasteiger partial charge in [-0.25, -0.2) is 4.39 Å². The molecule has 0 saturated carbocycles. The number of rotatable bonds is 3. The van der Waals surface area contributed by atoms with Crippen LogP contribution in [0, 0.1) is 21.3 Å². The summed E-state index contributed by atoms with van der Waals surface area (Å²) in [6, 6.07) is 10.0. The Morgan fingerprint density at radius 2 is 1.81 bits per heavy atom. The van der Waals surface area contributed by atoms with Gasteiger partial charge in [0.15, 0.2) is 5.78 Å². The number of nitro benzene ring substituents is 1. The van der Waals surface area contributed by atoms with Crippen LogP contribution in [0.25, 0.3) is 0 Å². The fraction of sp³-hybridized carbons (Fsp3) is 0.304. The topological polar surface area (TPSA) is 80.5 Å². The first kappa shape index (κ1) is 21.2. The second-order valence-corrected chi connectivity index (χ2v) is 9.14. The molecule has 1 unspecified atom stereocenters. The van der Waals surface area contributed by atoms with Crippen molar-refractivity contribution < 1.29 is 18.9 Å². The van der Waals surface area contributed by atoms with E-state index in [-0.39, 0.29) is 34.2 Å². The normalized spacial score (nSPS) is 20.6. The Morgan fingerprint density at radius 1 is 1.13 bits per heavy atom. The van der Waals surface area contributed by atoms with Gasteiger partial charge in [-0.3, -0.25) is 24.6 Å². The lowest BCUT2D eigenvalue weighted by Gasteiger charge is -2.43. The fourth-order valence-corrected chi connectivity index (χ4v) is 4.63. The molecule has 160 valence electrons. The monoisotopic (exact) mass is 442 g/mol. The Kier molecular flexibility index (Phi) is 5.17. The van der Waals surface area contributed by atoms with Crippen molar-refractivity contribution >= 4 is 34.7 Å². The lowest BCUT2D eigenvalue weighted by Crippen LogP contribution is -2.43. The molecule has 6 nitrogen and oxygen atoms in total. The Morgan fingerprint density at radius 3 is 2.42 bits per heavy atom. The van der Waals surface area contributed by atoms with Gasteiger partial charge in [0.1, 0.15) is 5.82 Å². The smallest absolute Gasteiger partial charge is 0.269 e. The van der Waals surface area contributed by atoms with Gasteiger partial charge in [0, 0.05) is 42.2 Å². The van der Waals surface area contributed by atoms with Crippen molar-refractivity contribution in [3.63, 3.8) is 0 Å². The minimum Gasteiger partial charge on any atom is -0.294 e. The van der Waals surface area contributed by atoms with Crippen LogP contribution >= 0.6 is 11.6 Å². The van der Waals surface area contributed by atoms with Crippen LogP contribution in [-0.2, 0) is 9.59 Å². The quantitative estimate of drug-likeness (QED) is 0.461. The largest absolute Gasteiger partial charge is 0.294 e. The van der Waals surface area contributed by atoms with Gasteiger partial charge in [-0.05, 0) is 35.6 Å². The molecule has 31 heavy (non-hydrogen) atoms. The van der Waals surface area contributed by atoms with Crippen LogP contribution in [0.1, 0.15) is 44.6 Å². The number of ketones is 1. The molecule has 1 aliphatic heterocycles. The number of nitrogens with zero attached hydrogens (tertiary/aromatic N) is 2. The summed E-state index contributed by atoms with van der Waals surface area (Å²) in [5.41, 5.74) is 1.80. The van der Waals surface area contributed by atoms with E-state index in [4.69, 9.17) is 11.6 Å². The van der Waals surface area contributed by atoms with Gasteiger partial charge >= 0.3 is 0 Å². The average Bonchev–Trinajstić information content (AvgIpc) is 2.68. The van der Waals surface area contributed by atoms with Crippen LogP contribution < -0.4 is 4.90 Å². The fourth-order valence-electron chi connectivity index (χ4n) is 4.45. The van der Waals surface area contributed by atoms with E-state index >= 15 is 0 Å². The number of carbonyl (C=O) groups is 2. The van der Waals surface area contributed by atoms with Crippen molar-refractivity contribution in [1.82, 2.24) is 0 Å². The maximum atomic E-state index is 13.7. The number of halogens is 2. The van der Waals surface area contributed by atoms with Crippen LogP contribution in [0.5, 0.6) is 0 Å². The maximum absolute atomic E-state index is 13.7. The zero-order valence-corrected chi connectivity index (χ0v) is 17.8. The van der Waals surface area contributed by atoms with Crippen LogP contribution in [0.15, 0.2) is 53.7 Å². The summed E-state index contributed by atoms with van der Waals surface area (Å²) in [5.74, 6) is -1.37. The zero-order chi connectivity index (χ0) is 22.5. The van der Waals surface area contributed by atoms with Gasteiger partial charge in [-0.1, -0.05) is 37.6 Å². The highest BCUT2D eigenvalue weighted by atomic mass is 35.5. The van der Waals surface area contributed by atoms with E-state index in [2.05, 4.69) is 0 Å². The first-order valence-corrected chi connectivity index (χ1v) is 10.2. The van der Waals surface area contributed by atoms with Gasteiger partial charge in [0.25, 0.3) is 5.69 Å². The second kappa shape index (κ2) is 7.57. The van der Waals surface area contributed by atoms with Crippen LogP contribution in [-0.4, -0.2) is 16.6 Å². The number of allylic oxidation sites excluding steroid dienone is 2. The summed E-state index contributed by atoms with van der Waals surface area (Å²) in [6.45, 7) is 3.93. The summed E-state index contributed by atoms with van der Waals surface area (Å²) >= 11 is 5.95. The Balaban J connectivity index is 1.86. The Labute approximate surface area is 183 Å². The molecule has 2 aliphatic rings. The Bertz CT molecular complexity index is 1140. The van der Waals surface area contributed by atoms with E-state index < -0.39 is 16.7 Å². The molecule has 1 heterocycles. The zero-order valence-electron chi connectivity index (χ0n) is 17.0. The lowest BCUT2D eigenvalue weighted by molar-refractivity contribution is -0.384. The van der Waals surface area contributed by atoms with E-state index in [1.54, 1.807) is 12.1 Å². The van der Waals surface area contributed by atoms with Crippen molar-refractivity contribution in [2.24, 2.45) is 5.41 Å². The molecule has 0 spiro atoms. The third-order valence-electron chi connectivity index (χ3n) is 5.81. The minimum absolute atomic E-state index is 0.0256. The van der Waals surface area contributed by atoms with Crippen LogP contribution in [0.2, 0.25) is 5.02 Å². The number of nitro groups is 1. The third-order valence-corrected chi connectivity index (χ3v) is 6.10. The number of amides is 1. The molecule has 0 aromatic heterocycles. The van der Waals surface area contributed by atoms with Crippen molar-refractivity contribution in [2.75, 3.05) is 4.90 Å². The number of carbonyl (C=O) groups excluding carboxylic acids is 2. The number of hydrogen-bond acceptors (Lipinski definition) is 4. The van der Waals surface area contributed by atoms with Crippen molar-refractivity contribution in [3.05, 3.63) is 80.3 Å². The van der Waals surface area contributed by atoms with E-state index in [0.29, 0.717) is 35.4 Å². The molecule has 2 aromatic carbocycles. The van der Waals surface area contributed by atoms with E-state index in [9.17, 15) is 24.1 Å². The minimum atomic E-state index is -0.590. The second-order valence-electron chi connectivity index (χ2n) is 8.73. The van der Waals surface area contributed by atoms with E-state index in [0.717, 1.165) is 0 Å². The molecule has 1 amide bonds. The molecule has 0 radical (unpaired) electrons. The molecule has 1 atom stereocenters. The molecular weight excluding hydrogens is 423 g/mol. The number of benzene rings is 2. The summed E-state index contributed by atoms with van der Waals surface area (Å²) in [4.78, 5) is 38.4. The molecule has 1 aliphatic carbocycles. The predicted molar refractivity (Wildman–Crippen MR) is 114 cm³/mol. The highest BCUT2D eigenvalue weighted by molar-refractivity contribution is 6.31. The number of anilines is 1. The molecule has 0 bridgehead atoms. The lowest BCUT2D eigenvalue weighted by atomic mass is 9.69. The summed E-state index contributed by atoms with van der Waals surface area (Å²) < 4.78 is 13.7. The van der Waals surface area contributed by atoms with E-state index in [1.165, 1.54) is 35.2 Å². The first-order valence-electron chi connectivity index (χ1n) is 9.86. The van der Waals surface area contributed by atoms with Gasteiger partial charge in [0.2, 0.25) is 5.91 Å². The summed E-state index contributed by atoms with van der Waals surface area (Å²) in [6.07, 6.45) is 0.845. The summed E-state index contributed by atoms with van der Waals surface area (Å²) in [5, 5.41) is 10.9. The standard InChI is InChI=1S/C23H20ClFN2O4/c1-23(2)11-19-22(20(28)12-23)16(13-3-5-14(6-4-13)27(30)31)10-21(29)26(19)15-7-8-18(25)17(24)9-15/h3-9,16H,10-12H2,1-2H3. The first-order chi connectivity index (χ1) is 14.6. The van der Waals surface area contributed by atoms with E-state index in [1.807, 2.05) is 13.8 Å². The van der Waals surface area contributed by atoms with Gasteiger partial charge < -0.3 is 0 Å². The highest BCUT2D eigenvalue weighted by Gasteiger charge is 2.44. The molecule has 0 N–H and O–H groups in total. The average molecular weight is 443 g/mol. The van der Waals surface area contributed by atoms with Gasteiger partial charge in [-0.15, -0.1) is 0 Å². The highest BCUT2D eigenvalue weighted by Crippen LogP contribution is 2.48. The maximum Gasteiger partial charge on any atom is 0.269 e. The molecule has 2 aromatic rings. The van der Waals surface area contributed by atoms with Gasteiger partial charge in [-0.2, -0.15) is 0 Å². The summed E-state index contributed by atoms with van der Waals surface area (Å²) in [7, 11) is 0. The molecule has 4 rings (SSSR count). The Hall–Kier alpha value is -3.06. The third kappa shape index (κ3) is 3.85. The molecule has 0 saturated heterocycles. The number of Topliss-reactive ketones (excluding diaryl/α,β-unsaturated/α-hetero) is 1. The van der Waals surface area contributed by atoms with Crippen LogP contribution in [0.3, 0.4) is 0 Å². The van der Waals surface area contributed by atoms with Crippen molar-refractivity contribution in [1.29, 1.82) is 0 Å². The van der Waals surface area contributed by atoms with Crippen molar-refractivity contribution in [2.45, 2.75) is 39.0 Å². The number of non-ortho nitro benzene ring substituents is 1. The SMILES string of the molecule is CC1(C)CC(=O)C2=C(C1)N(c1ccc(F)c(Cl)c1)C(=O)CC2c1ccc([N+](=O)[O-])cc1. The predicted octanol–water partition coefficient (Wildman–Crippen LogP) is 5.55. The molecular formula is C23H20ClFN2O4. The molecule has 8 heteroatoms. The number of hydrogen-bond donors (Lipinski definition) is 0. The van der Waals surface area contributed by atoms with Crippen molar-refractivity contribution in [3.8, 4) is 0 Å².